The Labute approximate surface area is 207 Å². The average Bonchev–Trinajstić information content (AvgIpc) is 2.93. The van der Waals surface area contributed by atoms with Crippen molar-refractivity contribution >= 4 is 36.3 Å². The molecule has 2 atom stereocenters. The molecule has 3 heterocycles. The minimum Gasteiger partial charge on any atom is -0.444 e. The molecule has 0 aromatic carbocycles. The minimum absolute atomic E-state index is 0.117. The predicted molar refractivity (Wildman–Crippen MR) is 132 cm³/mol. The number of ether oxygens (including phenoxy) is 1. The zero-order valence-corrected chi connectivity index (χ0v) is 22.3. The zero-order chi connectivity index (χ0) is 25.3. The second kappa shape index (κ2) is 10.0. The van der Waals surface area contributed by atoms with Crippen molar-refractivity contribution in [2.45, 2.75) is 101 Å². The van der Waals surface area contributed by atoms with Gasteiger partial charge in [-0.15, -0.1) is 0 Å². The number of amides is 2. The third kappa shape index (κ3) is 6.63. The summed E-state index contributed by atoms with van der Waals surface area (Å²) in [5.41, 5.74) is -0.667. The number of alkyl carbamates (subject to hydrolysis) is 1. The standard InChI is InChI=1S/C23H37BN4O5S/c1-15(27-20(30)31-21(2,3)4)18(29)28-11-9-10-17(14-28)34-19-25-12-16(13-26-19)24-32-22(5,6)23(7,8)33-24/h12-13,15,17H,9-11,14H2,1-8H3,(H,27,30)/t15-,17-/m1/s1. The molecule has 0 aliphatic carbocycles. The van der Waals surface area contributed by atoms with Crippen LogP contribution in [0.2, 0.25) is 0 Å². The smallest absolute Gasteiger partial charge is 0.444 e. The second-order valence-electron chi connectivity index (χ2n) is 10.9. The van der Waals surface area contributed by atoms with Gasteiger partial charge in [-0.3, -0.25) is 4.79 Å². The Bertz CT molecular complexity index is 874. The Balaban J connectivity index is 1.54. The molecule has 0 saturated carbocycles. The van der Waals surface area contributed by atoms with Gasteiger partial charge in [-0.1, -0.05) is 11.8 Å². The minimum atomic E-state index is -0.658. The lowest BCUT2D eigenvalue weighted by molar-refractivity contribution is -0.133. The summed E-state index contributed by atoms with van der Waals surface area (Å²) in [7, 11) is -0.495. The molecule has 0 spiro atoms. The maximum Gasteiger partial charge on any atom is 0.498 e. The van der Waals surface area contributed by atoms with Crippen molar-refractivity contribution < 1.29 is 23.6 Å². The maximum atomic E-state index is 12.9. The van der Waals surface area contributed by atoms with Crippen LogP contribution in [0.1, 0.15) is 68.2 Å². The Morgan fingerprint density at radius 2 is 1.79 bits per heavy atom. The van der Waals surface area contributed by atoms with E-state index in [-0.39, 0.29) is 11.2 Å². The number of rotatable bonds is 5. The van der Waals surface area contributed by atoms with E-state index in [9.17, 15) is 9.59 Å². The van der Waals surface area contributed by atoms with E-state index in [1.165, 1.54) is 0 Å². The normalized spacial score (nSPS) is 22.9. The molecule has 0 unspecified atom stereocenters. The molecule has 1 N–H and O–H groups in total. The van der Waals surface area contributed by atoms with Crippen LogP contribution in [0.25, 0.3) is 0 Å². The number of thioether (sulfide) groups is 1. The van der Waals surface area contributed by atoms with Gasteiger partial charge in [0.25, 0.3) is 0 Å². The zero-order valence-electron chi connectivity index (χ0n) is 21.5. The van der Waals surface area contributed by atoms with E-state index >= 15 is 0 Å². The number of likely N-dealkylation sites (tertiary alicyclic amines) is 1. The van der Waals surface area contributed by atoms with Gasteiger partial charge in [0.05, 0.1) is 11.2 Å². The van der Waals surface area contributed by atoms with E-state index in [2.05, 4.69) is 15.3 Å². The first kappa shape index (κ1) is 26.8. The summed E-state index contributed by atoms with van der Waals surface area (Å²) < 4.78 is 17.4. The van der Waals surface area contributed by atoms with E-state index in [0.29, 0.717) is 18.2 Å². The lowest BCUT2D eigenvalue weighted by Gasteiger charge is -2.34. The lowest BCUT2D eigenvalue weighted by atomic mass is 9.81. The lowest BCUT2D eigenvalue weighted by Crippen LogP contribution is -2.51. The van der Waals surface area contributed by atoms with Crippen LogP contribution in [-0.2, 0) is 18.8 Å². The van der Waals surface area contributed by atoms with Crippen LogP contribution in [-0.4, -0.2) is 75.2 Å². The van der Waals surface area contributed by atoms with Crippen LogP contribution in [0.5, 0.6) is 0 Å². The third-order valence-electron chi connectivity index (χ3n) is 6.24. The van der Waals surface area contributed by atoms with E-state index < -0.39 is 36.1 Å². The average molecular weight is 492 g/mol. The molecule has 1 aromatic heterocycles. The van der Waals surface area contributed by atoms with Gasteiger partial charge in [-0.25, -0.2) is 14.8 Å². The molecule has 3 rings (SSSR count). The van der Waals surface area contributed by atoms with Crippen LogP contribution in [0.4, 0.5) is 4.79 Å². The fourth-order valence-electron chi connectivity index (χ4n) is 3.69. The molecule has 188 valence electrons. The Hall–Kier alpha value is -1.85. The second-order valence-corrected chi connectivity index (χ2v) is 12.2. The van der Waals surface area contributed by atoms with Gasteiger partial charge in [0, 0.05) is 36.2 Å². The number of piperidine rings is 1. The number of hydrogen-bond donors (Lipinski definition) is 1. The van der Waals surface area contributed by atoms with Gasteiger partial charge >= 0.3 is 13.2 Å². The molecular weight excluding hydrogens is 455 g/mol. The maximum absolute atomic E-state index is 12.9. The molecule has 2 fully saturated rings. The summed E-state index contributed by atoms with van der Waals surface area (Å²) in [6.45, 7) is 16.3. The molecule has 9 nitrogen and oxygen atoms in total. The van der Waals surface area contributed by atoms with Gasteiger partial charge in [0.1, 0.15) is 11.6 Å². The van der Waals surface area contributed by atoms with Crippen LogP contribution in [0.15, 0.2) is 17.6 Å². The highest BCUT2D eigenvalue weighted by molar-refractivity contribution is 7.99. The van der Waals surface area contributed by atoms with Crippen molar-refractivity contribution in [1.82, 2.24) is 20.2 Å². The molecule has 11 heteroatoms. The Morgan fingerprint density at radius 1 is 1.21 bits per heavy atom. The van der Waals surface area contributed by atoms with Gasteiger partial charge in [-0.2, -0.15) is 0 Å². The summed E-state index contributed by atoms with van der Waals surface area (Å²) >= 11 is 1.56. The van der Waals surface area contributed by atoms with Crippen molar-refractivity contribution in [3.05, 3.63) is 12.4 Å². The number of aromatic nitrogens is 2. The molecular formula is C23H37BN4O5S. The quantitative estimate of drug-likeness (QED) is 0.495. The number of nitrogens with one attached hydrogen (secondary N) is 1. The number of carbonyl (C=O) groups is 2. The van der Waals surface area contributed by atoms with Crippen molar-refractivity contribution in [3.8, 4) is 0 Å². The van der Waals surface area contributed by atoms with Gasteiger partial charge in [-0.05, 0) is 68.2 Å². The highest BCUT2D eigenvalue weighted by Gasteiger charge is 2.52. The highest BCUT2D eigenvalue weighted by atomic mass is 32.2. The molecule has 1 aromatic rings. The summed E-state index contributed by atoms with van der Waals surface area (Å²) in [5.74, 6) is -0.117. The van der Waals surface area contributed by atoms with Gasteiger partial charge in [0.2, 0.25) is 5.91 Å². The van der Waals surface area contributed by atoms with Crippen LogP contribution in [0, 0.1) is 0 Å². The first-order valence-electron chi connectivity index (χ1n) is 11.8. The molecule has 2 amide bonds. The van der Waals surface area contributed by atoms with E-state index in [0.717, 1.165) is 18.3 Å². The molecule has 34 heavy (non-hydrogen) atoms. The predicted octanol–water partition coefficient (Wildman–Crippen LogP) is 2.77. The molecule has 0 bridgehead atoms. The summed E-state index contributed by atoms with van der Waals surface area (Å²) in [4.78, 5) is 35.7. The van der Waals surface area contributed by atoms with Gasteiger partial charge in [0.15, 0.2) is 5.16 Å². The topological polar surface area (TPSA) is 103 Å². The van der Waals surface area contributed by atoms with Crippen molar-refractivity contribution in [3.63, 3.8) is 0 Å². The van der Waals surface area contributed by atoms with E-state index in [1.807, 2.05) is 27.7 Å². The molecule has 2 aliphatic heterocycles. The van der Waals surface area contributed by atoms with E-state index in [1.54, 1.807) is 56.8 Å². The van der Waals surface area contributed by atoms with Crippen molar-refractivity contribution in [2.24, 2.45) is 0 Å². The molecule has 2 saturated heterocycles. The van der Waals surface area contributed by atoms with Crippen molar-refractivity contribution in [1.29, 1.82) is 0 Å². The van der Waals surface area contributed by atoms with E-state index in [4.69, 9.17) is 14.0 Å². The Kier molecular flexibility index (Phi) is 7.89. The fourth-order valence-corrected chi connectivity index (χ4v) is 4.76. The first-order chi connectivity index (χ1) is 15.7. The fraction of sp³-hybridized carbons (Fsp3) is 0.739. The first-order valence-corrected chi connectivity index (χ1v) is 12.7. The monoisotopic (exact) mass is 492 g/mol. The number of carbonyl (C=O) groups excluding carboxylic acids is 2. The summed E-state index contributed by atoms with van der Waals surface area (Å²) in [5, 5.41) is 3.46. The molecule has 2 aliphatic rings. The number of hydrogen-bond acceptors (Lipinski definition) is 8. The third-order valence-corrected chi connectivity index (χ3v) is 7.38. The summed E-state index contributed by atoms with van der Waals surface area (Å²) in [6.07, 6.45) is 4.75. The van der Waals surface area contributed by atoms with Crippen LogP contribution >= 0.6 is 11.8 Å². The summed E-state index contributed by atoms with van der Waals surface area (Å²) in [6, 6.07) is -0.658. The Morgan fingerprint density at radius 3 is 2.35 bits per heavy atom. The number of nitrogens with zero attached hydrogens (tertiary/aromatic N) is 3. The largest absolute Gasteiger partial charge is 0.498 e. The van der Waals surface area contributed by atoms with Crippen molar-refractivity contribution in [2.75, 3.05) is 13.1 Å². The van der Waals surface area contributed by atoms with Gasteiger partial charge < -0.3 is 24.3 Å². The highest BCUT2D eigenvalue weighted by Crippen LogP contribution is 2.36. The van der Waals surface area contributed by atoms with Crippen LogP contribution < -0.4 is 10.8 Å². The SMILES string of the molecule is C[C@@H](NC(=O)OC(C)(C)C)C(=O)N1CCC[C@@H](Sc2ncc(B3OC(C)(C)C(C)(C)O3)cn2)C1. The van der Waals surface area contributed by atoms with Crippen LogP contribution in [0.3, 0.4) is 0 Å². The molecule has 0 radical (unpaired) electrons.